The van der Waals surface area contributed by atoms with Crippen LogP contribution in [0.15, 0.2) is 36.4 Å². The van der Waals surface area contributed by atoms with Crippen LogP contribution >= 0.6 is 0 Å². The molecule has 2 amide bonds. The molecule has 1 aromatic rings. The fourth-order valence-electron chi connectivity index (χ4n) is 3.78. The molecule has 0 aromatic heterocycles. The van der Waals surface area contributed by atoms with E-state index in [-0.39, 0.29) is 23.7 Å². The van der Waals surface area contributed by atoms with Crippen LogP contribution in [0.1, 0.15) is 12.0 Å². The maximum absolute atomic E-state index is 12.6. The van der Waals surface area contributed by atoms with Crippen molar-refractivity contribution in [2.24, 2.45) is 23.7 Å². The van der Waals surface area contributed by atoms with Gasteiger partial charge in [-0.3, -0.25) is 14.4 Å². The van der Waals surface area contributed by atoms with E-state index in [0.717, 1.165) is 12.0 Å². The van der Waals surface area contributed by atoms with Gasteiger partial charge in [0, 0.05) is 19.8 Å². The zero-order chi connectivity index (χ0) is 18.1. The zero-order valence-corrected chi connectivity index (χ0v) is 14.3. The number of nitrogens with zero attached hydrogens (tertiary/aromatic N) is 1. The Morgan fingerprint density at radius 1 is 1.08 bits per heavy atom. The number of carboxylic acid groups (broad SMARTS) is 1. The second-order valence-electron chi connectivity index (χ2n) is 6.99. The molecule has 3 rings (SSSR count). The number of aliphatic carboxylic acids is 1. The molecule has 1 fully saturated rings. The number of carbonyl (C=O) groups excluding carboxylic acids is 2. The van der Waals surface area contributed by atoms with Gasteiger partial charge in [0.15, 0.2) is 0 Å². The number of hydrogen-bond donors (Lipinski definition) is 2. The van der Waals surface area contributed by atoms with Gasteiger partial charge in [0.2, 0.25) is 11.8 Å². The number of hydrogen-bond acceptors (Lipinski definition) is 3. The number of carbonyl (C=O) groups is 3. The maximum atomic E-state index is 12.6. The Balaban J connectivity index is 1.66. The van der Waals surface area contributed by atoms with Crippen LogP contribution in [0.25, 0.3) is 0 Å². The zero-order valence-electron chi connectivity index (χ0n) is 14.3. The highest BCUT2D eigenvalue weighted by Crippen LogP contribution is 2.48. The van der Waals surface area contributed by atoms with E-state index < -0.39 is 17.8 Å². The monoisotopic (exact) mass is 342 g/mol. The molecule has 6 nitrogen and oxygen atoms in total. The maximum Gasteiger partial charge on any atom is 0.307 e. The third-order valence-electron chi connectivity index (χ3n) is 5.12. The van der Waals surface area contributed by atoms with Gasteiger partial charge in [-0.2, -0.15) is 0 Å². The normalized spacial score (nSPS) is 26.5. The minimum atomic E-state index is -0.908. The summed E-state index contributed by atoms with van der Waals surface area (Å²) in [5.41, 5.74) is 1.48. The molecule has 2 aliphatic rings. The Kier molecular flexibility index (Phi) is 4.61. The Hall–Kier alpha value is -2.63. The molecule has 0 spiro atoms. The smallest absolute Gasteiger partial charge is 0.307 e. The lowest BCUT2D eigenvalue weighted by molar-refractivity contribution is -0.146. The van der Waals surface area contributed by atoms with E-state index in [1.165, 1.54) is 4.90 Å². The molecule has 25 heavy (non-hydrogen) atoms. The van der Waals surface area contributed by atoms with Crippen molar-refractivity contribution in [3.8, 4) is 0 Å². The first kappa shape index (κ1) is 17.2. The first-order valence-corrected chi connectivity index (χ1v) is 8.38. The summed E-state index contributed by atoms with van der Waals surface area (Å²) in [6.07, 6.45) is 4.92. The molecule has 0 unspecified atom stereocenters. The Morgan fingerprint density at radius 3 is 2.24 bits per heavy atom. The average molecular weight is 342 g/mol. The van der Waals surface area contributed by atoms with Crippen LogP contribution in [0, 0.1) is 23.7 Å². The minimum Gasteiger partial charge on any atom is -0.481 e. The van der Waals surface area contributed by atoms with Gasteiger partial charge in [-0.15, -0.1) is 0 Å². The molecular weight excluding hydrogens is 320 g/mol. The first-order chi connectivity index (χ1) is 11.9. The summed E-state index contributed by atoms with van der Waals surface area (Å²) >= 11 is 0. The highest BCUT2D eigenvalue weighted by Gasteiger charge is 2.51. The molecule has 4 atom stereocenters. The van der Waals surface area contributed by atoms with Crippen LogP contribution < -0.4 is 5.32 Å². The van der Waals surface area contributed by atoms with Crippen molar-refractivity contribution in [2.45, 2.75) is 12.8 Å². The van der Waals surface area contributed by atoms with Gasteiger partial charge < -0.3 is 15.3 Å². The standard InChI is InChI=1S/C19H22N2O4/c1-21(2)15(22)9-11-3-7-14(8-4-11)20-18(23)16-12-5-6-13(10-12)17(16)19(24)25/h3-8,12-13,16-17H,9-10H2,1-2H3,(H,20,23)(H,24,25)/t12-,13-,16+,17-/m0/s1. The van der Waals surface area contributed by atoms with Crippen molar-refractivity contribution in [1.29, 1.82) is 0 Å². The van der Waals surface area contributed by atoms with Gasteiger partial charge in [0.05, 0.1) is 18.3 Å². The third-order valence-corrected chi connectivity index (χ3v) is 5.12. The van der Waals surface area contributed by atoms with E-state index in [9.17, 15) is 19.5 Å². The number of allylic oxidation sites excluding steroid dienone is 2. The molecule has 1 saturated carbocycles. The topological polar surface area (TPSA) is 86.7 Å². The molecule has 2 N–H and O–H groups in total. The van der Waals surface area contributed by atoms with Gasteiger partial charge in [-0.25, -0.2) is 0 Å². The lowest BCUT2D eigenvalue weighted by atomic mass is 9.82. The second-order valence-corrected chi connectivity index (χ2v) is 6.99. The first-order valence-electron chi connectivity index (χ1n) is 8.38. The van der Waals surface area contributed by atoms with Crippen molar-refractivity contribution in [1.82, 2.24) is 4.90 Å². The molecule has 6 heteroatoms. The number of nitrogens with one attached hydrogen (secondary N) is 1. The summed E-state index contributed by atoms with van der Waals surface area (Å²) in [7, 11) is 3.42. The van der Waals surface area contributed by atoms with Crippen molar-refractivity contribution in [3.05, 3.63) is 42.0 Å². The summed E-state index contributed by atoms with van der Waals surface area (Å²) in [5.74, 6) is -2.36. The SMILES string of the molecule is CN(C)C(=O)Cc1ccc(NC(=O)[C@H]2[C@@H](C(=O)O)[C@H]3C=C[C@H]2C3)cc1. The predicted octanol–water partition coefficient (Wildman–Crippen LogP) is 1.78. The van der Waals surface area contributed by atoms with Crippen LogP contribution in [-0.4, -0.2) is 41.9 Å². The molecule has 1 aromatic carbocycles. The Labute approximate surface area is 146 Å². The van der Waals surface area contributed by atoms with Gasteiger partial charge in [0.1, 0.15) is 0 Å². The molecule has 0 heterocycles. The molecule has 0 saturated heterocycles. The fraction of sp³-hybridized carbons (Fsp3) is 0.421. The Morgan fingerprint density at radius 2 is 1.68 bits per heavy atom. The van der Waals surface area contributed by atoms with Crippen LogP contribution in [0.5, 0.6) is 0 Å². The van der Waals surface area contributed by atoms with Gasteiger partial charge in [-0.1, -0.05) is 24.3 Å². The number of carboxylic acids is 1. The highest BCUT2D eigenvalue weighted by molar-refractivity contribution is 5.96. The van der Waals surface area contributed by atoms with Gasteiger partial charge in [-0.05, 0) is 36.0 Å². The second kappa shape index (κ2) is 6.70. The fourth-order valence-corrected chi connectivity index (χ4v) is 3.78. The lowest BCUT2D eigenvalue weighted by Gasteiger charge is -2.23. The predicted molar refractivity (Wildman–Crippen MR) is 92.8 cm³/mol. The average Bonchev–Trinajstić information content (AvgIpc) is 3.17. The molecular formula is C19H22N2O4. The Bertz CT molecular complexity index is 723. The lowest BCUT2D eigenvalue weighted by Crippen LogP contribution is -2.36. The summed E-state index contributed by atoms with van der Waals surface area (Å²) in [6, 6.07) is 7.09. The number of likely N-dealkylation sites (N-methyl/N-ethyl adjacent to an activating group) is 1. The number of anilines is 1. The largest absolute Gasteiger partial charge is 0.481 e. The highest BCUT2D eigenvalue weighted by atomic mass is 16.4. The number of benzene rings is 1. The van der Waals surface area contributed by atoms with Crippen molar-refractivity contribution < 1.29 is 19.5 Å². The van der Waals surface area contributed by atoms with Gasteiger partial charge >= 0.3 is 5.97 Å². The van der Waals surface area contributed by atoms with Crippen LogP contribution in [0.2, 0.25) is 0 Å². The molecule has 132 valence electrons. The summed E-state index contributed by atoms with van der Waals surface area (Å²) in [4.78, 5) is 37.4. The number of rotatable bonds is 5. The van der Waals surface area contributed by atoms with E-state index in [0.29, 0.717) is 12.1 Å². The number of amides is 2. The van der Waals surface area contributed by atoms with E-state index in [4.69, 9.17) is 0 Å². The van der Waals surface area contributed by atoms with E-state index in [1.807, 2.05) is 12.2 Å². The van der Waals surface area contributed by atoms with Crippen molar-refractivity contribution in [2.75, 3.05) is 19.4 Å². The van der Waals surface area contributed by atoms with Crippen LogP contribution in [0.3, 0.4) is 0 Å². The molecule has 0 radical (unpaired) electrons. The summed E-state index contributed by atoms with van der Waals surface area (Å²) < 4.78 is 0. The minimum absolute atomic E-state index is 0.00286. The quantitative estimate of drug-likeness (QED) is 0.799. The summed E-state index contributed by atoms with van der Waals surface area (Å²) in [5, 5.41) is 12.3. The van der Waals surface area contributed by atoms with E-state index >= 15 is 0 Å². The van der Waals surface area contributed by atoms with Crippen molar-refractivity contribution >= 4 is 23.5 Å². The van der Waals surface area contributed by atoms with Crippen LogP contribution in [-0.2, 0) is 20.8 Å². The molecule has 2 bridgehead atoms. The van der Waals surface area contributed by atoms with E-state index in [1.54, 1.807) is 38.4 Å². The molecule has 2 aliphatic carbocycles. The van der Waals surface area contributed by atoms with Crippen LogP contribution in [0.4, 0.5) is 5.69 Å². The third kappa shape index (κ3) is 3.43. The summed E-state index contributed by atoms with van der Waals surface area (Å²) in [6.45, 7) is 0. The van der Waals surface area contributed by atoms with E-state index in [2.05, 4.69) is 5.32 Å². The number of fused-ring (bicyclic) bond motifs is 2. The van der Waals surface area contributed by atoms with Crippen molar-refractivity contribution in [3.63, 3.8) is 0 Å². The van der Waals surface area contributed by atoms with Gasteiger partial charge in [0.25, 0.3) is 0 Å². The molecule has 0 aliphatic heterocycles.